The molecule has 0 aromatic heterocycles. The molecule has 0 saturated heterocycles. The second-order valence-corrected chi connectivity index (χ2v) is 5.56. The summed E-state index contributed by atoms with van der Waals surface area (Å²) < 4.78 is 0. The fourth-order valence-electron chi connectivity index (χ4n) is 2.08. The number of carbonyl (C=O) groups excluding carboxylic acids is 1. The van der Waals surface area contributed by atoms with E-state index < -0.39 is 0 Å². The van der Waals surface area contributed by atoms with Gasteiger partial charge in [-0.05, 0) is 36.6 Å². The number of nitrogens with zero attached hydrogens (tertiary/aromatic N) is 2. The first kappa shape index (κ1) is 17.0. The van der Waals surface area contributed by atoms with Gasteiger partial charge < -0.3 is 10.2 Å². The van der Waals surface area contributed by atoms with E-state index in [1.807, 2.05) is 24.3 Å². The lowest BCUT2D eigenvalue weighted by atomic mass is 10.1. The molecular formula is C17H25N3O. The molecule has 0 radical (unpaired) electrons. The molecule has 0 unspecified atom stereocenters. The van der Waals surface area contributed by atoms with E-state index in [4.69, 9.17) is 5.26 Å². The molecule has 1 aromatic rings. The lowest BCUT2D eigenvalue weighted by Crippen LogP contribution is -2.35. The van der Waals surface area contributed by atoms with Gasteiger partial charge in [0.15, 0.2) is 0 Å². The van der Waals surface area contributed by atoms with Crippen LogP contribution in [-0.4, -0.2) is 30.4 Å². The van der Waals surface area contributed by atoms with Gasteiger partial charge in [0.25, 0.3) is 5.91 Å². The van der Waals surface area contributed by atoms with Gasteiger partial charge in [-0.15, -0.1) is 0 Å². The molecule has 21 heavy (non-hydrogen) atoms. The van der Waals surface area contributed by atoms with Crippen molar-refractivity contribution in [2.24, 2.45) is 5.92 Å². The van der Waals surface area contributed by atoms with Crippen molar-refractivity contribution in [2.75, 3.05) is 25.0 Å². The minimum Gasteiger partial charge on any atom is -0.385 e. The number of hydrogen-bond donors (Lipinski definition) is 1. The van der Waals surface area contributed by atoms with E-state index in [1.54, 1.807) is 4.90 Å². The molecule has 0 bridgehead atoms. The van der Waals surface area contributed by atoms with E-state index in [2.05, 4.69) is 32.2 Å². The van der Waals surface area contributed by atoms with E-state index in [0.29, 0.717) is 31.0 Å². The predicted molar refractivity (Wildman–Crippen MR) is 86.2 cm³/mol. The van der Waals surface area contributed by atoms with E-state index in [9.17, 15) is 4.79 Å². The number of nitriles is 1. The zero-order chi connectivity index (χ0) is 15.7. The van der Waals surface area contributed by atoms with Crippen molar-refractivity contribution in [1.29, 1.82) is 5.26 Å². The van der Waals surface area contributed by atoms with Gasteiger partial charge in [-0.2, -0.15) is 5.26 Å². The van der Waals surface area contributed by atoms with Crippen LogP contribution in [0.15, 0.2) is 24.3 Å². The van der Waals surface area contributed by atoms with Crippen molar-refractivity contribution in [1.82, 2.24) is 4.90 Å². The summed E-state index contributed by atoms with van der Waals surface area (Å²) in [6, 6.07) is 9.66. The number of benzene rings is 1. The largest absolute Gasteiger partial charge is 0.385 e. The smallest absolute Gasteiger partial charge is 0.253 e. The van der Waals surface area contributed by atoms with Crippen LogP contribution in [0.5, 0.6) is 0 Å². The number of amides is 1. The summed E-state index contributed by atoms with van der Waals surface area (Å²) in [5.41, 5.74) is 1.71. The molecule has 1 rings (SSSR count). The first-order valence-corrected chi connectivity index (χ1v) is 7.58. The van der Waals surface area contributed by atoms with Gasteiger partial charge in [0.1, 0.15) is 0 Å². The molecule has 114 valence electrons. The highest BCUT2D eigenvalue weighted by atomic mass is 16.2. The standard InChI is InChI=1S/C17H25N3O/c1-4-11-19-16-8-6-15(7-9-16)17(21)20(12-5-10-18)13-14(2)3/h6-9,14,19H,4-5,11-13H2,1-3H3. The van der Waals surface area contributed by atoms with E-state index in [-0.39, 0.29) is 5.91 Å². The number of hydrogen-bond acceptors (Lipinski definition) is 3. The van der Waals surface area contributed by atoms with Crippen molar-refractivity contribution < 1.29 is 4.79 Å². The Labute approximate surface area is 127 Å². The van der Waals surface area contributed by atoms with Crippen LogP contribution in [0.2, 0.25) is 0 Å². The number of carbonyl (C=O) groups is 1. The Kier molecular flexibility index (Phi) is 7.31. The van der Waals surface area contributed by atoms with Gasteiger partial charge in [-0.1, -0.05) is 20.8 Å². The van der Waals surface area contributed by atoms with Gasteiger partial charge in [0, 0.05) is 30.9 Å². The van der Waals surface area contributed by atoms with Crippen molar-refractivity contribution in [3.8, 4) is 6.07 Å². The first-order chi connectivity index (χ1) is 10.1. The second kappa shape index (κ2) is 9.02. The molecule has 1 aromatic carbocycles. The minimum absolute atomic E-state index is 0.000918. The molecule has 0 fully saturated rings. The highest BCUT2D eigenvalue weighted by Gasteiger charge is 2.16. The Balaban J connectivity index is 2.75. The van der Waals surface area contributed by atoms with Crippen LogP contribution in [0.4, 0.5) is 5.69 Å². The molecule has 0 spiro atoms. The van der Waals surface area contributed by atoms with E-state index >= 15 is 0 Å². The van der Waals surface area contributed by atoms with Crippen molar-refractivity contribution >= 4 is 11.6 Å². The molecule has 1 N–H and O–H groups in total. The molecule has 4 heteroatoms. The van der Waals surface area contributed by atoms with Crippen LogP contribution in [-0.2, 0) is 0 Å². The van der Waals surface area contributed by atoms with Crippen LogP contribution in [0, 0.1) is 17.2 Å². The van der Waals surface area contributed by atoms with Gasteiger partial charge >= 0.3 is 0 Å². The fourth-order valence-corrected chi connectivity index (χ4v) is 2.08. The Morgan fingerprint density at radius 3 is 2.52 bits per heavy atom. The minimum atomic E-state index is 0.000918. The average molecular weight is 287 g/mol. The molecule has 0 saturated carbocycles. The molecule has 4 nitrogen and oxygen atoms in total. The van der Waals surface area contributed by atoms with Gasteiger partial charge in [0.2, 0.25) is 0 Å². The Morgan fingerprint density at radius 1 is 1.33 bits per heavy atom. The van der Waals surface area contributed by atoms with E-state index in [0.717, 1.165) is 18.7 Å². The normalized spacial score (nSPS) is 10.2. The van der Waals surface area contributed by atoms with Gasteiger partial charge in [0.05, 0.1) is 12.5 Å². The van der Waals surface area contributed by atoms with Crippen LogP contribution < -0.4 is 5.32 Å². The Hall–Kier alpha value is -2.02. The summed E-state index contributed by atoms with van der Waals surface area (Å²) in [6.45, 7) is 8.35. The fraction of sp³-hybridized carbons (Fsp3) is 0.529. The monoisotopic (exact) mass is 287 g/mol. The van der Waals surface area contributed by atoms with Crippen LogP contribution in [0.3, 0.4) is 0 Å². The summed E-state index contributed by atoms with van der Waals surface area (Å²) in [5.74, 6) is 0.388. The van der Waals surface area contributed by atoms with Crippen LogP contribution in [0.1, 0.15) is 44.0 Å². The third-order valence-corrected chi connectivity index (χ3v) is 3.08. The number of nitrogens with one attached hydrogen (secondary N) is 1. The molecule has 0 aliphatic rings. The van der Waals surface area contributed by atoms with Crippen LogP contribution >= 0.6 is 0 Å². The SMILES string of the molecule is CCCNc1ccc(C(=O)N(CCC#N)CC(C)C)cc1. The number of rotatable bonds is 8. The topological polar surface area (TPSA) is 56.1 Å². The van der Waals surface area contributed by atoms with Crippen molar-refractivity contribution in [3.05, 3.63) is 29.8 Å². The summed E-state index contributed by atoms with van der Waals surface area (Å²) in [7, 11) is 0. The quantitative estimate of drug-likeness (QED) is 0.796. The third-order valence-electron chi connectivity index (χ3n) is 3.08. The maximum Gasteiger partial charge on any atom is 0.253 e. The summed E-state index contributed by atoms with van der Waals surface area (Å²) in [4.78, 5) is 14.3. The highest BCUT2D eigenvalue weighted by Crippen LogP contribution is 2.13. The van der Waals surface area contributed by atoms with E-state index in [1.165, 1.54) is 0 Å². The maximum absolute atomic E-state index is 12.5. The zero-order valence-electron chi connectivity index (χ0n) is 13.2. The predicted octanol–water partition coefficient (Wildman–Crippen LogP) is 3.52. The molecule has 0 heterocycles. The molecule has 0 aliphatic heterocycles. The molecule has 0 aliphatic carbocycles. The molecule has 1 amide bonds. The van der Waals surface area contributed by atoms with Crippen LogP contribution in [0.25, 0.3) is 0 Å². The second-order valence-electron chi connectivity index (χ2n) is 5.56. The van der Waals surface area contributed by atoms with Crippen molar-refractivity contribution in [2.45, 2.75) is 33.6 Å². The van der Waals surface area contributed by atoms with Gasteiger partial charge in [-0.3, -0.25) is 4.79 Å². The average Bonchev–Trinajstić information content (AvgIpc) is 2.49. The highest BCUT2D eigenvalue weighted by molar-refractivity contribution is 5.94. The zero-order valence-corrected chi connectivity index (χ0v) is 13.2. The third kappa shape index (κ3) is 5.86. The Morgan fingerprint density at radius 2 is 2.00 bits per heavy atom. The Bertz CT molecular complexity index is 474. The maximum atomic E-state index is 12.5. The van der Waals surface area contributed by atoms with Gasteiger partial charge in [-0.25, -0.2) is 0 Å². The van der Waals surface area contributed by atoms with Crippen molar-refractivity contribution in [3.63, 3.8) is 0 Å². The lowest BCUT2D eigenvalue weighted by molar-refractivity contribution is 0.0740. The molecular weight excluding hydrogens is 262 g/mol. The number of anilines is 1. The molecule has 0 atom stereocenters. The summed E-state index contributed by atoms with van der Waals surface area (Å²) in [5, 5.41) is 12.0. The first-order valence-electron chi connectivity index (χ1n) is 7.58. The summed E-state index contributed by atoms with van der Waals surface area (Å²) in [6.07, 6.45) is 1.44. The lowest BCUT2D eigenvalue weighted by Gasteiger charge is -2.23. The summed E-state index contributed by atoms with van der Waals surface area (Å²) >= 11 is 0.